The lowest BCUT2D eigenvalue weighted by molar-refractivity contribution is -0.384. The van der Waals surface area contributed by atoms with E-state index in [-0.39, 0.29) is 42.3 Å². The molecule has 0 aromatic heterocycles. The van der Waals surface area contributed by atoms with Gasteiger partial charge in [0, 0.05) is 44.9 Å². The van der Waals surface area contributed by atoms with Gasteiger partial charge >= 0.3 is 0 Å². The fourth-order valence-electron chi connectivity index (χ4n) is 2.81. The van der Waals surface area contributed by atoms with Crippen molar-refractivity contribution in [2.45, 2.75) is 31.9 Å². The molecular formula is C16H24F2IN5O2. The van der Waals surface area contributed by atoms with Crippen molar-refractivity contribution in [3.63, 3.8) is 0 Å². The van der Waals surface area contributed by atoms with Gasteiger partial charge in [-0.05, 0) is 18.4 Å². The Morgan fingerprint density at radius 2 is 2.12 bits per heavy atom. The Hall–Kier alpha value is -1.56. The summed E-state index contributed by atoms with van der Waals surface area (Å²) in [5.74, 6) is 0.596. The number of nitro groups is 1. The number of guanidine groups is 1. The van der Waals surface area contributed by atoms with Gasteiger partial charge in [0.1, 0.15) is 0 Å². The number of rotatable bonds is 6. The summed E-state index contributed by atoms with van der Waals surface area (Å²) in [5.41, 5.74) is 0.831. The zero-order valence-corrected chi connectivity index (χ0v) is 16.9. The van der Waals surface area contributed by atoms with Crippen LogP contribution < -0.4 is 10.6 Å². The van der Waals surface area contributed by atoms with Crippen LogP contribution in [-0.2, 0) is 6.54 Å². The summed E-state index contributed by atoms with van der Waals surface area (Å²) in [4.78, 5) is 16.3. The second-order valence-electron chi connectivity index (χ2n) is 5.96. The fraction of sp³-hybridized carbons (Fsp3) is 0.562. The number of likely N-dealkylation sites (tertiary alicyclic amines) is 1. The standard InChI is InChI=1S/C16H23F2N5O2.HI/c1-19-16(20-10-12-3-2-4-14(9-12)23(24)25)21-13-5-7-22(8-6-13)11-15(17)18;/h2-4,9,13,15H,5-8,10-11H2,1H3,(H2,19,20,21);1H. The highest BCUT2D eigenvalue weighted by Crippen LogP contribution is 2.13. The molecule has 1 heterocycles. The average Bonchev–Trinajstić information content (AvgIpc) is 2.59. The molecule has 2 rings (SSSR count). The van der Waals surface area contributed by atoms with Crippen LogP contribution in [0.5, 0.6) is 0 Å². The topological polar surface area (TPSA) is 82.8 Å². The van der Waals surface area contributed by atoms with Crippen LogP contribution in [0.1, 0.15) is 18.4 Å². The minimum atomic E-state index is -2.30. The monoisotopic (exact) mass is 483 g/mol. The maximum absolute atomic E-state index is 12.4. The van der Waals surface area contributed by atoms with Crippen molar-refractivity contribution in [2.75, 3.05) is 26.7 Å². The first kappa shape index (κ1) is 22.5. The molecule has 1 aliphatic rings. The predicted octanol–water partition coefficient (Wildman–Crippen LogP) is 2.61. The number of hydrogen-bond donors (Lipinski definition) is 2. The number of piperidine rings is 1. The molecule has 7 nitrogen and oxygen atoms in total. The van der Waals surface area contributed by atoms with Crippen LogP contribution in [0.4, 0.5) is 14.5 Å². The number of non-ortho nitro benzene ring substituents is 1. The third-order valence-corrected chi connectivity index (χ3v) is 4.13. The minimum Gasteiger partial charge on any atom is -0.354 e. The zero-order valence-electron chi connectivity index (χ0n) is 14.5. The third-order valence-electron chi connectivity index (χ3n) is 4.13. The highest BCUT2D eigenvalue weighted by Gasteiger charge is 2.21. The summed E-state index contributed by atoms with van der Waals surface area (Å²) in [6.07, 6.45) is -0.761. The van der Waals surface area contributed by atoms with Gasteiger partial charge in [-0.25, -0.2) is 8.78 Å². The van der Waals surface area contributed by atoms with Crippen LogP contribution in [0.2, 0.25) is 0 Å². The Bertz CT molecular complexity index is 610. The Kier molecular flexibility index (Phi) is 9.70. The highest BCUT2D eigenvalue weighted by molar-refractivity contribution is 14.0. The molecule has 0 unspecified atom stereocenters. The second-order valence-corrected chi connectivity index (χ2v) is 5.96. The first-order valence-corrected chi connectivity index (χ1v) is 8.19. The van der Waals surface area contributed by atoms with Crippen molar-refractivity contribution in [1.29, 1.82) is 0 Å². The molecule has 146 valence electrons. The van der Waals surface area contributed by atoms with E-state index in [0.717, 1.165) is 18.4 Å². The number of halogens is 3. The maximum Gasteiger partial charge on any atom is 0.269 e. The van der Waals surface area contributed by atoms with Crippen LogP contribution in [0.15, 0.2) is 29.3 Å². The molecule has 26 heavy (non-hydrogen) atoms. The van der Waals surface area contributed by atoms with E-state index in [4.69, 9.17) is 0 Å². The van der Waals surface area contributed by atoms with Crippen molar-refractivity contribution in [1.82, 2.24) is 15.5 Å². The molecule has 1 saturated heterocycles. The van der Waals surface area contributed by atoms with Crippen molar-refractivity contribution in [3.05, 3.63) is 39.9 Å². The van der Waals surface area contributed by atoms with Gasteiger partial charge in [-0.15, -0.1) is 24.0 Å². The van der Waals surface area contributed by atoms with Crippen LogP contribution in [-0.4, -0.2) is 54.9 Å². The van der Waals surface area contributed by atoms with E-state index >= 15 is 0 Å². The van der Waals surface area contributed by atoms with Crippen LogP contribution in [0.25, 0.3) is 0 Å². The van der Waals surface area contributed by atoms with Crippen molar-refractivity contribution < 1.29 is 13.7 Å². The van der Waals surface area contributed by atoms with E-state index in [1.165, 1.54) is 12.1 Å². The Balaban J connectivity index is 0.00000338. The summed E-state index contributed by atoms with van der Waals surface area (Å²) >= 11 is 0. The molecule has 1 aromatic carbocycles. The van der Waals surface area contributed by atoms with Crippen LogP contribution >= 0.6 is 24.0 Å². The smallest absolute Gasteiger partial charge is 0.269 e. The molecule has 0 atom stereocenters. The fourth-order valence-corrected chi connectivity index (χ4v) is 2.81. The second kappa shape index (κ2) is 11.2. The van der Waals surface area contributed by atoms with Gasteiger partial charge < -0.3 is 10.6 Å². The number of alkyl halides is 2. The predicted molar refractivity (Wildman–Crippen MR) is 107 cm³/mol. The largest absolute Gasteiger partial charge is 0.354 e. The summed E-state index contributed by atoms with van der Waals surface area (Å²) in [6, 6.07) is 6.58. The number of nitrogens with zero attached hydrogens (tertiary/aromatic N) is 3. The van der Waals surface area contributed by atoms with Gasteiger partial charge in [0.25, 0.3) is 12.1 Å². The molecule has 1 fully saturated rings. The van der Waals surface area contributed by atoms with Gasteiger partial charge in [0.2, 0.25) is 0 Å². The number of aliphatic imine (C=N–C) groups is 1. The molecule has 2 N–H and O–H groups in total. The van der Waals surface area contributed by atoms with E-state index in [0.29, 0.717) is 25.6 Å². The number of nitro benzene ring substituents is 1. The summed E-state index contributed by atoms with van der Waals surface area (Å²) in [6.45, 7) is 1.49. The van der Waals surface area contributed by atoms with E-state index in [1.54, 1.807) is 24.1 Å². The maximum atomic E-state index is 12.4. The summed E-state index contributed by atoms with van der Waals surface area (Å²) in [7, 11) is 1.65. The lowest BCUT2D eigenvalue weighted by Gasteiger charge is -2.32. The van der Waals surface area contributed by atoms with E-state index in [2.05, 4.69) is 15.6 Å². The van der Waals surface area contributed by atoms with Gasteiger partial charge in [-0.1, -0.05) is 12.1 Å². The molecule has 0 aliphatic carbocycles. The normalized spacial score (nSPS) is 16.2. The Labute approximate surface area is 168 Å². The van der Waals surface area contributed by atoms with E-state index in [1.807, 2.05) is 0 Å². The van der Waals surface area contributed by atoms with Crippen LogP contribution in [0, 0.1) is 10.1 Å². The Morgan fingerprint density at radius 3 is 2.69 bits per heavy atom. The lowest BCUT2D eigenvalue weighted by atomic mass is 10.1. The van der Waals surface area contributed by atoms with Gasteiger partial charge in [0.05, 0.1) is 11.5 Å². The number of benzene rings is 1. The number of hydrogen-bond acceptors (Lipinski definition) is 4. The van der Waals surface area contributed by atoms with Gasteiger partial charge in [-0.3, -0.25) is 20.0 Å². The SMILES string of the molecule is CN=C(NCc1cccc([N+](=O)[O-])c1)NC1CCN(CC(F)F)CC1.I. The lowest BCUT2D eigenvalue weighted by Crippen LogP contribution is -2.49. The zero-order chi connectivity index (χ0) is 18.2. The summed E-state index contributed by atoms with van der Waals surface area (Å²) in [5, 5.41) is 17.2. The molecule has 10 heteroatoms. The highest BCUT2D eigenvalue weighted by atomic mass is 127. The molecule has 0 amide bonds. The average molecular weight is 483 g/mol. The molecule has 0 bridgehead atoms. The molecule has 1 aliphatic heterocycles. The molecule has 0 spiro atoms. The van der Waals surface area contributed by atoms with Crippen molar-refractivity contribution in [3.8, 4) is 0 Å². The molecule has 0 radical (unpaired) electrons. The molecule has 0 saturated carbocycles. The van der Waals surface area contributed by atoms with Crippen molar-refractivity contribution >= 4 is 35.6 Å². The summed E-state index contributed by atoms with van der Waals surface area (Å²) < 4.78 is 24.8. The third kappa shape index (κ3) is 7.36. The van der Waals surface area contributed by atoms with E-state index in [9.17, 15) is 18.9 Å². The molecular weight excluding hydrogens is 459 g/mol. The Morgan fingerprint density at radius 1 is 1.42 bits per heavy atom. The van der Waals surface area contributed by atoms with Crippen molar-refractivity contribution in [2.24, 2.45) is 4.99 Å². The van der Waals surface area contributed by atoms with Gasteiger partial charge in [0.15, 0.2) is 5.96 Å². The van der Waals surface area contributed by atoms with Crippen LogP contribution in [0.3, 0.4) is 0 Å². The van der Waals surface area contributed by atoms with Gasteiger partial charge in [-0.2, -0.15) is 0 Å². The minimum absolute atomic E-state index is 0. The first-order valence-electron chi connectivity index (χ1n) is 8.19. The number of nitrogens with one attached hydrogen (secondary N) is 2. The quantitative estimate of drug-likeness (QED) is 0.214. The first-order chi connectivity index (χ1) is 12.0. The van der Waals surface area contributed by atoms with E-state index < -0.39 is 11.3 Å². The molecule has 1 aromatic rings.